The molecule has 0 radical (unpaired) electrons. The predicted molar refractivity (Wildman–Crippen MR) is 50.9 cm³/mol. The standard InChI is InChI=1S/C10H13NO/c1-3-11-8(2)9-6-4-5-7-10(9)12/h4-7,12H,3H2,1-2H3. The molecule has 0 atom stereocenters. The van der Waals surface area contributed by atoms with E-state index in [0.717, 1.165) is 17.8 Å². The monoisotopic (exact) mass is 163 g/mol. The van der Waals surface area contributed by atoms with Crippen LogP contribution < -0.4 is 0 Å². The van der Waals surface area contributed by atoms with Gasteiger partial charge >= 0.3 is 0 Å². The number of aromatic hydroxyl groups is 1. The summed E-state index contributed by atoms with van der Waals surface area (Å²) in [6, 6.07) is 7.23. The normalized spacial score (nSPS) is 11.7. The third-order valence-electron chi connectivity index (χ3n) is 1.69. The zero-order valence-corrected chi connectivity index (χ0v) is 7.41. The van der Waals surface area contributed by atoms with Gasteiger partial charge in [0.25, 0.3) is 0 Å². The van der Waals surface area contributed by atoms with E-state index < -0.39 is 0 Å². The van der Waals surface area contributed by atoms with Crippen LogP contribution in [0.3, 0.4) is 0 Å². The highest BCUT2D eigenvalue weighted by molar-refractivity contribution is 6.00. The van der Waals surface area contributed by atoms with Crippen LogP contribution in [0.1, 0.15) is 19.4 Å². The molecule has 0 aliphatic carbocycles. The van der Waals surface area contributed by atoms with E-state index in [9.17, 15) is 5.11 Å². The maximum Gasteiger partial charge on any atom is 0.124 e. The van der Waals surface area contributed by atoms with Gasteiger partial charge in [0.2, 0.25) is 0 Å². The second kappa shape index (κ2) is 3.90. The van der Waals surface area contributed by atoms with Crippen molar-refractivity contribution >= 4 is 5.71 Å². The molecule has 1 rings (SSSR count). The molecule has 0 spiro atoms. The van der Waals surface area contributed by atoms with Gasteiger partial charge in [0.1, 0.15) is 5.75 Å². The second-order valence-corrected chi connectivity index (χ2v) is 2.58. The SMILES string of the molecule is CCN=C(C)c1ccccc1O. The number of phenols is 1. The summed E-state index contributed by atoms with van der Waals surface area (Å²) in [7, 11) is 0. The number of benzene rings is 1. The third kappa shape index (κ3) is 1.84. The van der Waals surface area contributed by atoms with E-state index in [1.165, 1.54) is 0 Å². The Kier molecular flexibility index (Phi) is 2.86. The van der Waals surface area contributed by atoms with Gasteiger partial charge in [0, 0.05) is 17.8 Å². The number of nitrogens with zero attached hydrogens (tertiary/aromatic N) is 1. The van der Waals surface area contributed by atoms with Crippen molar-refractivity contribution in [3.63, 3.8) is 0 Å². The highest BCUT2D eigenvalue weighted by atomic mass is 16.3. The summed E-state index contributed by atoms with van der Waals surface area (Å²) in [4.78, 5) is 4.21. The van der Waals surface area contributed by atoms with Crippen LogP contribution in [0.25, 0.3) is 0 Å². The number of aliphatic imine (C=N–C) groups is 1. The van der Waals surface area contributed by atoms with Gasteiger partial charge in [0.05, 0.1) is 0 Å². The van der Waals surface area contributed by atoms with Crippen LogP contribution in [0.5, 0.6) is 5.75 Å². The van der Waals surface area contributed by atoms with Gasteiger partial charge in [-0.05, 0) is 26.0 Å². The predicted octanol–water partition coefficient (Wildman–Crippen LogP) is 2.22. The van der Waals surface area contributed by atoms with E-state index in [4.69, 9.17) is 0 Å². The van der Waals surface area contributed by atoms with Crippen molar-refractivity contribution in [2.75, 3.05) is 6.54 Å². The van der Waals surface area contributed by atoms with Crippen LogP contribution >= 0.6 is 0 Å². The minimum Gasteiger partial charge on any atom is -0.507 e. The van der Waals surface area contributed by atoms with Gasteiger partial charge in [-0.1, -0.05) is 12.1 Å². The Morgan fingerprint density at radius 1 is 1.42 bits per heavy atom. The molecule has 2 heteroatoms. The van der Waals surface area contributed by atoms with E-state index in [1.807, 2.05) is 26.0 Å². The number of phenolic OH excluding ortho intramolecular Hbond substituents is 1. The first kappa shape index (κ1) is 8.78. The molecule has 0 saturated heterocycles. The Balaban J connectivity index is 3.02. The summed E-state index contributed by atoms with van der Waals surface area (Å²) in [6.45, 7) is 4.63. The van der Waals surface area contributed by atoms with Crippen molar-refractivity contribution in [3.8, 4) is 5.75 Å². The number of rotatable bonds is 2. The van der Waals surface area contributed by atoms with Gasteiger partial charge < -0.3 is 5.11 Å². The van der Waals surface area contributed by atoms with E-state index in [2.05, 4.69) is 4.99 Å². The molecular weight excluding hydrogens is 150 g/mol. The van der Waals surface area contributed by atoms with Gasteiger partial charge in [-0.3, -0.25) is 4.99 Å². The van der Waals surface area contributed by atoms with Gasteiger partial charge in [-0.25, -0.2) is 0 Å². The van der Waals surface area contributed by atoms with E-state index >= 15 is 0 Å². The largest absolute Gasteiger partial charge is 0.507 e. The minimum atomic E-state index is 0.298. The first-order valence-corrected chi connectivity index (χ1v) is 4.05. The molecule has 0 saturated carbocycles. The lowest BCUT2D eigenvalue weighted by Crippen LogP contribution is -1.95. The molecule has 1 N–H and O–H groups in total. The molecule has 1 aromatic rings. The zero-order valence-electron chi connectivity index (χ0n) is 7.41. The average Bonchev–Trinajstić information content (AvgIpc) is 2.05. The summed E-state index contributed by atoms with van der Waals surface area (Å²) in [5, 5.41) is 9.43. The molecule has 12 heavy (non-hydrogen) atoms. The summed E-state index contributed by atoms with van der Waals surface area (Å²) in [6.07, 6.45) is 0. The Bertz CT molecular complexity index is 292. The fraction of sp³-hybridized carbons (Fsp3) is 0.300. The molecule has 0 bridgehead atoms. The van der Waals surface area contributed by atoms with Gasteiger partial charge in [0.15, 0.2) is 0 Å². The molecule has 2 nitrogen and oxygen atoms in total. The van der Waals surface area contributed by atoms with Crippen molar-refractivity contribution < 1.29 is 5.11 Å². The lowest BCUT2D eigenvalue weighted by atomic mass is 10.1. The topological polar surface area (TPSA) is 32.6 Å². The molecule has 0 aliphatic heterocycles. The van der Waals surface area contributed by atoms with E-state index in [-0.39, 0.29) is 0 Å². The molecule has 64 valence electrons. The maximum absolute atomic E-state index is 9.43. The van der Waals surface area contributed by atoms with Crippen LogP contribution in [-0.2, 0) is 0 Å². The molecule has 0 aliphatic rings. The Morgan fingerprint density at radius 2 is 2.08 bits per heavy atom. The average molecular weight is 163 g/mol. The quantitative estimate of drug-likeness (QED) is 0.666. The minimum absolute atomic E-state index is 0.298. The van der Waals surface area contributed by atoms with Crippen molar-refractivity contribution in [2.24, 2.45) is 4.99 Å². The molecule has 0 aromatic heterocycles. The lowest BCUT2D eigenvalue weighted by molar-refractivity contribution is 0.474. The van der Waals surface area contributed by atoms with Crippen LogP contribution in [0.15, 0.2) is 29.3 Å². The van der Waals surface area contributed by atoms with Crippen LogP contribution in [-0.4, -0.2) is 17.4 Å². The van der Waals surface area contributed by atoms with Crippen molar-refractivity contribution in [1.82, 2.24) is 0 Å². The van der Waals surface area contributed by atoms with Crippen LogP contribution in [0.4, 0.5) is 0 Å². The van der Waals surface area contributed by atoms with Gasteiger partial charge in [-0.2, -0.15) is 0 Å². The number of para-hydroxylation sites is 1. The Hall–Kier alpha value is -1.31. The van der Waals surface area contributed by atoms with E-state index in [0.29, 0.717) is 5.75 Å². The van der Waals surface area contributed by atoms with Crippen LogP contribution in [0, 0.1) is 0 Å². The lowest BCUT2D eigenvalue weighted by Gasteiger charge is -2.02. The number of hydrogen-bond donors (Lipinski definition) is 1. The molecule has 0 unspecified atom stereocenters. The summed E-state index contributed by atoms with van der Waals surface area (Å²) in [5.41, 5.74) is 1.70. The molecule has 0 amide bonds. The highest BCUT2D eigenvalue weighted by Gasteiger charge is 2.00. The van der Waals surface area contributed by atoms with Crippen molar-refractivity contribution in [2.45, 2.75) is 13.8 Å². The van der Waals surface area contributed by atoms with E-state index in [1.54, 1.807) is 12.1 Å². The van der Waals surface area contributed by atoms with Crippen molar-refractivity contribution in [3.05, 3.63) is 29.8 Å². The fourth-order valence-corrected chi connectivity index (χ4v) is 1.10. The molecule has 0 heterocycles. The van der Waals surface area contributed by atoms with Crippen LogP contribution in [0.2, 0.25) is 0 Å². The van der Waals surface area contributed by atoms with Crippen molar-refractivity contribution in [1.29, 1.82) is 0 Å². The first-order valence-electron chi connectivity index (χ1n) is 4.05. The highest BCUT2D eigenvalue weighted by Crippen LogP contribution is 2.16. The fourth-order valence-electron chi connectivity index (χ4n) is 1.10. The Labute approximate surface area is 72.6 Å². The Morgan fingerprint density at radius 3 is 2.67 bits per heavy atom. The molecule has 0 fully saturated rings. The molecular formula is C10H13NO. The summed E-state index contributed by atoms with van der Waals surface area (Å²) >= 11 is 0. The maximum atomic E-state index is 9.43. The molecule has 1 aromatic carbocycles. The second-order valence-electron chi connectivity index (χ2n) is 2.58. The summed E-state index contributed by atoms with van der Waals surface area (Å²) in [5.74, 6) is 0.298. The summed E-state index contributed by atoms with van der Waals surface area (Å²) < 4.78 is 0. The zero-order chi connectivity index (χ0) is 8.97. The third-order valence-corrected chi connectivity index (χ3v) is 1.69. The first-order chi connectivity index (χ1) is 5.75. The van der Waals surface area contributed by atoms with Gasteiger partial charge in [-0.15, -0.1) is 0 Å². The number of hydrogen-bond acceptors (Lipinski definition) is 2. The smallest absolute Gasteiger partial charge is 0.124 e.